The number of rotatable bonds is 6. The number of non-ortho nitro benzene ring substituents is 1. The van der Waals surface area contributed by atoms with E-state index in [-0.39, 0.29) is 23.4 Å². The Kier molecular flexibility index (Phi) is 5.55. The van der Waals surface area contributed by atoms with Crippen LogP contribution in [-0.2, 0) is 4.79 Å². The number of nitro groups is 1. The van der Waals surface area contributed by atoms with Gasteiger partial charge in [-0.2, -0.15) is 0 Å². The molecule has 0 heterocycles. The molecule has 0 unspecified atom stereocenters. The largest absolute Gasteiger partial charge is 0.349 e. The average Bonchev–Trinajstić information content (AvgIpc) is 2.54. The van der Waals surface area contributed by atoms with Gasteiger partial charge in [0.1, 0.15) is 0 Å². The first kappa shape index (κ1) is 16.0. The SMILES string of the molecule is C[C@H](NC(=O)CSc1ccc([N+](=O)[O-])cc1)c1ccccc1. The summed E-state index contributed by atoms with van der Waals surface area (Å²) >= 11 is 1.35. The molecule has 1 atom stereocenters. The maximum absolute atomic E-state index is 11.9. The van der Waals surface area contributed by atoms with Crippen LogP contribution >= 0.6 is 11.8 Å². The Bertz CT molecular complexity index is 644. The normalized spacial score (nSPS) is 11.7. The van der Waals surface area contributed by atoms with Crippen LogP contribution in [0.1, 0.15) is 18.5 Å². The van der Waals surface area contributed by atoms with Gasteiger partial charge in [0.05, 0.1) is 16.7 Å². The lowest BCUT2D eigenvalue weighted by Gasteiger charge is -2.14. The molecule has 0 fully saturated rings. The van der Waals surface area contributed by atoms with E-state index in [0.717, 1.165) is 10.5 Å². The number of carbonyl (C=O) groups excluding carboxylic acids is 1. The molecule has 0 bridgehead atoms. The Morgan fingerprint density at radius 3 is 2.41 bits per heavy atom. The highest BCUT2D eigenvalue weighted by Gasteiger charge is 2.10. The topological polar surface area (TPSA) is 72.2 Å². The van der Waals surface area contributed by atoms with Crippen LogP contribution in [0.15, 0.2) is 59.5 Å². The van der Waals surface area contributed by atoms with Crippen molar-refractivity contribution in [2.24, 2.45) is 0 Å². The lowest BCUT2D eigenvalue weighted by molar-refractivity contribution is -0.384. The molecule has 0 radical (unpaired) electrons. The van der Waals surface area contributed by atoms with E-state index in [1.165, 1.54) is 23.9 Å². The average molecular weight is 316 g/mol. The summed E-state index contributed by atoms with van der Waals surface area (Å²) in [7, 11) is 0. The molecule has 0 aromatic heterocycles. The summed E-state index contributed by atoms with van der Waals surface area (Å²) in [5.41, 5.74) is 1.10. The highest BCUT2D eigenvalue weighted by atomic mass is 32.2. The van der Waals surface area contributed by atoms with Gasteiger partial charge in [0, 0.05) is 17.0 Å². The van der Waals surface area contributed by atoms with Crippen LogP contribution in [0.3, 0.4) is 0 Å². The minimum atomic E-state index is -0.442. The van der Waals surface area contributed by atoms with Gasteiger partial charge in [-0.1, -0.05) is 30.3 Å². The van der Waals surface area contributed by atoms with Crippen LogP contribution in [-0.4, -0.2) is 16.6 Å². The van der Waals surface area contributed by atoms with Crippen molar-refractivity contribution < 1.29 is 9.72 Å². The van der Waals surface area contributed by atoms with Crippen LogP contribution in [0.25, 0.3) is 0 Å². The standard InChI is InChI=1S/C16H16N2O3S/c1-12(13-5-3-2-4-6-13)17-16(19)11-22-15-9-7-14(8-10-15)18(20)21/h2-10,12H,11H2,1H3,(H,17,19)/t12-/m0/s1. The molecule has 0 aliphatic carbocycles. The van der Waals surface area contributed by atoms with Crippen LogP contribution in [0.2, 0.25) is 0 Å². The fourth-order valence-electron chi connectivity index (χ4n) is 1.92. The minimum Gasteiger partial charge on any atom is -0.349 e. The first-order valence-corrected chi connectivity index (χ1v) is 7.76. The Balaban J connectivity index is 1.83. The Hall–Kier alpha value is -2.34. The molecule has 6 heteroatoms. The number of carbonyl (C=O) groups is 1. The van der Waals surface area contributed by atoms with E-state index in [4.69, 9.17) is 0 Å². The number of hydrogen-bond donors (Lipinski definition) is 1. The third-order valence-corrected chi connectivity index (χ3v) is 4.11. The highest BCUT2D eigenvalue weighted by molar-refractivity contribution is 8.00. The molecule has 22 heavy (non-hydrogen) atoms. The van der Waals surface area contributed by atoms with Gasteiger partial charge in [0.25, 0.3) is 5.69 Å². The van der Waals surface area contributed by atoms with Crippen molar-refractivity contribution in [3.05, 3.63) is 70.3 Å². The number of nitrogens with one attached hydrogen (secondary N) is 1. The molecule has 0 saturated heterocycles. The van der Waals surface area contributed by atoms with Crippen molar-refractivity contribution in [1.29, 1.82) is 0 Å². The molecule has 2 aromatic carbocycles. The lowest BCUT2D eigenvalue weighted by atomic mass is 10.1. The molecule has 5 nitrogen and oxygen atoms in total. The number of thioether (sulfide) groups is 1. The molecule has 0 spiro atoms. The van der Waals surface area contributed by atoms with Crippen molar-refractivity contribution in [3.63, 3.8) is 0 Å². The zero-order valence-corrected chi connectivity index (χ0v) is 12.9. The van der Waals surface area contributed by atoms with E-state index < -0.39 is 4.92 Å². The Labute approximate surface area is 132 Å². The summed E-state index contributed by atoms with van der Waals surface area (Å²) in [6.07, 6.45) is 0. The van der Waals surface area contributed by atoms with E-state index in [9.17, 15) is 14.9 Å². The van der Waals surface area contributed by atoms with E-state index in [0.29, 0.717) is 0 Å². The monoisotopic (exact) mass is 316 g/mol. The Morgan fingerprint density at radius 1 is 1.18 bits per heavy atom. The summed E-state index contributed by atoms with van der Waals surface area (Å²) in [5, 5.41) is 13.5. The van der Waals surface area contributed by atoms with Crippen molar-refractivity contribution in [2.75, 3.05) is 5.75 Å². The number of amides is 1. The number of benzene rings is 2. The van der Waals surface area contributed by atoms with Crippen molar-refractivity contribution >= 4 is 23.4 Å². The second kappa shape index (κ2) is 7.61. The third kappa shape index (κ3) is 4.60. The second-order valence-electron chi connectivity index (χ2n) is 4.74. The van der Waals surface area contributed by atoms with Gasteiger partial charge in [-0.05, 0) is 24.6 Å². The molecule has 1 N–H and O–H groups in total. The van der Waals surface area contributed by atoms with Gasteiger partial charge in [-0.25, -0.2) is 0 Å². The molecular formula is C16H16N2O3S. The van der Waals surface area contributed by atoms with E-state index >= 15 is 0 Å². The van der Waals surface area contributed by atoms with Gasteiger partial charge >= 0.3 is 0 Å². The molecule has 0 aliphatic rings. The number of nitro benzene ring substituents is 1. The van der Waals surface area contributed by atoms with Crippen LogP contribution < -0.4 is 5.32 Å². The van der Waals surface area contributed by atoms with Crippen LogP contribution in [0, 0.1) is 10.1 Å². The molecular weight excluding hydrogens is 300 g/mol. The van der Waals surface area contributed by atoms with Gasteiger partial charge in [-0.3, -0.25) is 14.9 Å². The summed E-state index contributed by atoms with van der Waals surface area (Å²) in [6.45, 7) is 1.93. The van der Waals surface area contributed by atoms with Gasteiger partial charge in [0.2, 0.25) is 5.91 Å². The fraction of sp³-hybridized carbons (Fsp3) is 0.188. The minimum absolute atomic E-state index is 0.0477. The quantitative estimate of drug-likeness (QED) is 0.502. The van der Waals surface area contributed by atoms with Crippen molar-refractivity contribution in [1.82, 2.24) is 5.32 Å². The highest BCUT2D eigenvalue weighted by Crippen LogP contribution is 2.21. The van der Waals surface area contributed by atoms with Crippen LogP contribution in [0.5, 0.6) is 0 Å². The Morgan fingerprint density at radius 2 is 1.82 bits per heavy atom. The number of hydrogen-bond acceptors (Lipinski definition) is 4. The van der Waals surface area contributed by atoms with Gasteiger partial charge < -0.3 is 5.32 Å². The maximum Gasteiger partial charge on any atom is 0.269 e. The molecule has 0 aliphatic heterocycles. The van der Waals surface area contributed by atoms with Gasteiger partial charge in [-0.15, -0.1) is 11.8 Å². The zero-order valence-electron chi connectivity index (χ0n) is 12.1. The molecule has 2 rings (SSSR count). The summed E-state index contributed by atoms with van der Waals surface area (Å²) < 4.78 is 0. The predicted octanol–water partition coefficient (Wildman–Crippen LogP) is 3.56. The van der Waals surface area contributed by atoms with E-state index in [2.05, 4.69) is 5.32 Å². The molecule has 2 aromatic rings. The maximum atomic E-state index is 11.9. The molecule has 0 saturated carbocycles. The second-order valence-corrected chi connectivity index (χ2v) is 5.79. The van der Waals surface area contributed by atoms with Crippen molar-refractivity contribution in [2.45, 2.75) is 17.9 Å². The van der Waals surface area contributed by atoms with E-state index in [1.54, 1.807) is 12.1 Å². The summed E-state index contributed by atoms with van der Waals surface area (Å²) in [5.74, 6) is 0.203. The third-order valence-electron chi connectivity index (χ3n) is 3.09. The van der Waals surface area contributed by atoms with E-state index in [1.807, 2.05) is 37.3 Å². The lowest BCUT2D eigenvalue weighted by Crippen LogP contribution is -2.28. The first-order chi connectivity index (χ1) is 10.6. The van der Waals surface area contributed by atoms with Gasteiger partial charge in [0.15, 0.2) is 0 Å². The fourth-order valence-corrected chi connectivity index (χ4v) is 2.63. The summed E-state index contributed by atoms with van der Waals surface area (Å²) in [6, 6.07) is 15.9. The summed E-state index contributed by atoms with van der Waals surface area (Å²) in [4.78, 5) is 22.9. The van der Waals surface area contributed by atoms with Crippen LogP contribution in [0.4, 0.5) is 5.69 Å². The first-order valence-electron chi connectivity index (χ1n) is 6.78. The molecule has 114 valence electrons. The smallest absolute Gasteiger partial charge is 0.269 e. The number of nitrogens with zero attached hydrogens (tertiary/aromatic N) is 1. The predicted molar refractivity (Wildman–Crippen MR) is 86.8 cm³/mol. The van der Waals surface area contributed by atoms with Crippen molar-refractivity contribution in [3.8, 4) is 0 Å². The molecule has 1 amide bonds. The zero-order chi connectivity index (χ0) is 15.9.